The third kappa shape index (κ3) is 1.76. The smallest absolute Gasteiger partial charge is 0.0716 e. The first-order valence-electron chi connectivity index (χ1n) is 5.57. The van der Waals surface area contributed by atoms with Crippen molar-refractivity contribution in [2.45, 2.75) is 6.54 Å². The number of nitrogens with two attached hydrogens (primary N) is 1. The Hall–Kier alpha value is -2.29. The SMILES string of the molecule is Nc1cccc2ccn(Cc3cccnc3)c12. The van der Waals surface area contributed by atoms with Crippen LogP contribution in [0.1, 0.15) is 5.56 Å². The van der Waals surface area contributed by atoms with Gasteiger partial charge in [-0.1, -0.05) is 18.2 Å². The number of nitrogens with zero attached hydrogens (tertiary/aromatic N) is 2. The highest BCUT2D eigenvalue weighted by Gasteiger charge is 2.04. The van der Waals surface area contributed by atoms with Gasteiger partial charge in [0.15, 0.2) is 0 Å². The van der Waals surface area contributed by atoms with Gasteiger partial charge in [-0.05, 0) is 23.8 Å². The van der Waals surface area contributed by atoms with Gasteiger partial charge in [0.05, 0.1) is 11.2 Å². The van der Waals surface area contributed by atoms with E-state index < -0.39 is 0 Å². The van der Waals surface area contributed by atoms with Crippen LogP contribution in [0.3, 0.4) is 0 Å². The predicted octanol–water partition coefficient (Wildman–Crippen LogP) is 2.67. The third-order valence-electron chi connectivity index (χ3n) is 2.90. The van der Waals surface area contributed by atoms with Gasteiger partial charge in [0.25, 0.3) is 0 Å². The number of rotatable bonds is 2. The Morgan fingerprint density at radius 2 is 2.06 bits per heavy atom. The van der Waals surface area contributed by atoms with Gasteiger partial charge in [0.1, 0.15) is 0 Å². The summed E-state index contributed by atoms with van der Waals surface area (Å²) in [6.07, 6.45) is 5.73. The number of benzene rings is 1. The first-order valence-corrected chi connectivity index (χ1v) is 5.57. The minimum absolute atomic E-state index is 0.797. The number of nitrogen functional groups attached to an aromatic ring is 1. The Bertz CT molecular complexity index is 641. The Morgan fingerprint density at radius 3 is 2.88 bits per heavy atom. The monoisotopic (exact) mass is 223 g/mol. The van der Waals surface area contributed by atoms with Gasteiger partial charge < -0.3 is 10.3 Å². The molecule has 0 aliphatic rings. The standard InChI is InChI=1S/C14H13N3/c15-13-5-1-4-12-6-8-17(14(12)13)10-11-3-2-7-16-9-11/h1-9H,10,15H2. The Morgan fingerprint density at radius 1 is 1.12 bits per heavy atom. The van der Waals surface area contributed by atoms with E-state index in [1.807, 2.05) is 24.4 Å². The summed E-state index contributed by atoms with van der Waals surface area (Å²) in [5.74, 6) is 0. The summed E-state index contributed by atoms with van der Waals surface area (Å²) in [5.41, 5.74) is 9.10. The summed E-state index contributed by atoms with van der Waals surface area (Å²) in [5, 5.41) is 1.17. The first kappa shape index (κ1) is 9.90. The summed E-state index contributed by atoms with van der Waals surface area (Å²) >= 11 is 0. The molecular formula is C14H13N3. The number of para-hydroxylation sites is 1. The van der Waals surface area contributed by atoms with Crippen LogP contribution in [-0.4, -0.2) is 9.55 Å². The van der Waals surface area contributed by atoms with E-state index in [-0.39, 0.29) is 0 Å². The third-order valence-corrected chi connectivity index (χ3v) is 2.90. The number of pyridine rings is 1. The average Bonchev–Trinajstić information content (AvgIpc) is 2.75. The van der Waals surface area contributed by atoms with Crippen molar-refractivity contribution in [2.75, 3.05) is 5.73 Å². The lowest BCUT2D eigenvalue weighted by atomic mass is 10.2. The van der Waals surface area contributed by atoms with Crippen LogP contribution < -0.4 is 5.73 Å². The molecule has 17 heavy (non-hydrogen) atoms. The number of anilines is 1. The Labute approximate surface area is 99.5 Å². The van der Waals surface area contributed by atoms with Crippen LogP contribution in [0.15, 0.2) is 55.0 Å². The minimum atomic E-state index is 0.797. The molecule has 0 aliphatic carbocycles. The summed E-state index contributed by atoms with van der Waals surface area (Å²) in [4.78, 5) is 4.12. The second-order valence-corrected chi connectivity index (χ2v) is 4.09. The van der Waals surface area contributed by atoms with Crippen molar-refractivity contribution >= 4 is 16.6 Å². The maximum absolute atomic E-state index is 6.02. The largest absolute Gasteiger partial charge is 0.397 e. The lowest BCUT2D eigenvalue weighted by molar-refractivity contribution is 0.832. The molecule has 3 rings (SSSR count). The molecule has 0 saturated heterocycles. The molecule has 0 fully saturated rings. The van der Waals surface area contributed by atoms with E-state index in [4.69, 9.17) is 5.73 Å². The highest BCUT2D eigenvalue weighted by atomic mass is 15.0. The van der Waals surface area contributed by atoms with E-state index in [1.54, 1.807) is 6.20 Å². The Balaban J connectivity index is 2.07. The van der Waals surface area contributed by atoms with Crippen LogP contribution in [0.25, 0.3) is 10.9 Å². The number of hydrogen-bond donors (Lipinski definition) is 1. The van der Waals surface area contributed by atoms with Gasteiger partial charge in [-0.2, -0.15) is 0 Å². The highest BCUT2D eigenvalue weighted by Crippen LogP contribution is 2.22. The molecule has 0 bridgehead atoms. The second kappa shape index (κ2) is 3.94. The van der Waals surface area contributed by atoms with Gasteiger partial charge in [0.2, 0.25) is 0 Å². The quantitative estimate of drug-likeness (QED) is 0.679. The molecule has 84 valence electrons. The topological polar surface area (TPSA) is 43.8 Å². The van der Waals surface area contributed by atoms with Crippen molar-refractivity contribution in [3.05, 3.63) is 60.6 Å². The van der Waals surface area contributed by atoms with Crippen molar-refractivity contribution in [3.63, 3.8) is 0 Å². The molecule has 0 amide bonds. The molecule has 0 saturated carbocycles. The van der Waals surface area contributed by atoms with Crippen LogP contribution >= 0.6 is 0 Å². The van der Waals surface area contributed by atoms with Crippen molar-refractivity contribution in [1.82, 2.24) is 9.55 Å². The summed E-state index contributed by atoms with van der Waals surface area (Å²) in [6, 6.07) is 12.1. The highest BCUT2D eigenvalue weighted by molar-refractivity contribution is 5.90. The fourth-order valence-electron chi connectivity index (χ4n) is 2.11. The summed E-state index contributed by atoms with van der Waals surface area (Å²) in [6.45, 7) is 0.797. The van der Waals surface area contributed by atoms with Crippen LogP contribution in [0.2, 0.25) is 0 Å². The van der Waals surface area contributed by atoms with Crippen molar-refractivity contribution in [1.29, 1.82) is 0 Å². The molecule has 0 aliphatic heterocycles. The van der Waals surface area contributed by atoms with E-state index >= 15 is 0 Å². The van der Waals surface area contributed by atoms with Crippen LogP contribution in [0, 0.1) is 0 Å². The molecule has 2 aromatic heterocycles. The van der Waals surface area contributed by atoms with Gasteiger partial charge in [-0.25, -0.2) is 0 Å². The summed E-state index contributed by atoms with van der Waals surface area (Å²) < 4.78 is 2.15. The molecule has 0 radical (unpaired) electrons. The van der Waals surface area contributed by atoms with Gasteiger partial charge in [-0.3, -0.25) is 4.98 Å². The molecule has 0 unspecified atom stereocenters. The molecule has 2 N–H and O–H groups in total. The van der Waals surface area contributed by atoms with Crippen LogP contribution in [0.4, 0.5) is 5.69 Å². The van der Waals surface area contributed by atoms with Crippen LogP contribution in [-0.2, 0) is 6.54 Å². The number of hydrogen-bond acceptors (Lipinski definition) is 2. The zero-order valence-corrected chi connectivity index (χ0v) is 9.38. The molecule has 2 heterocycles. The lowest BCUT2D eigenvalue weighted by Crippen LogP contribution is -2.00. The van der Waals surface area contributed by atoms with Crippen molar-refractivity contribution < 1.29 is 0 Å². The van der Waals surface area contributed by atoms with E-state index in [0.717, 1.165) is 17.7 Å². The number of aromatic nitrogens is 2. The van der Waals surface area contributed by atoms with Gasteiger partial charge in [-0.15, -0.1) is 0 Å². The average molecular weight is 223 g/mol. The molecule has 3 nitrogen and oxygen atoms in total. The fourth-order valence-corrected chi connectivity index (χ4v) is 2.11. The number of fused-ring (bicyclic) bond motifs is 1. The van der Waals surface area contributed by atoms with E-state index in [2.05, 4.69) is 33.9 Å². The lowest BCUT2D eigenvalue weighted by Gasteiger charge is -2.07. The molecule has 0 atom stereocenters. The van der Waals surface area contributed by atoms with E-state index in [0.29, 0.717) is 0 Å². The van der Waals surface area contributed by atoms with Crippen LogP contribution in [0.5, 0.6) is 0 Å². The fraction of sp³-hybridized carbons (Fsp3) is 0.0714. The maximum atomic E-state index is 6.02. The summed E-state index contributed by atoms with van der Waals surface area (Å²) in [7, 11) is 0. The van der Waals surface area contributed by atoms with E-state index in [1.165, 1.54) is 10.9 Å². The van der Waals surface area contributed by atoms with Gasteiger partial charge >= 0.3 is 0 Å². The van der Waals surface area contributed by atoms with Crippen molar-refractivity contribution in [2.24, 2.45) is 0 Å². The molecule has 3 aromatic rings. The zero-order valence-electron chi connectivity index (χ0n) is 9.38. The first-order chi connectivity index (χ1) is 8.34. The Kier molecular flexibility index (Phi) is 2.29. The predicted molar refractivity (Wildman–Crippen MR) is 69.7 cm³/mol. The zero-order chi connectivity index (χ0) is 11.7. The molecule has 0 spiro atoms. The van der Waals surface area contributed by atoms with Gasteiger partial charge in [0, 0.05) is 30.5 Å². The molecule has 3 heteroatoms. The molecule has 1 aromatic carbocycles. The second-order valence-electron chi connectivity index (χ2n) is 4.09. The minimum Gasteiger partial charge on any atom is -0.397 e. The molecular weight excluding hydrogens is 210 g/mol. The maximum Gasteiger partial charge on any atom is 0.0716 e. The normalized spacial score (nSPS) is 10.8. The van der Waals surface area contributed by atoms with Crippen molar-refractivity contribution in [3.8, 4) is 0 Å². The van der Waals surface area contributed by atoms with E-state index in [9.17, 15) is 0 Å².